The van der Waals surface area contributed by atoms with Crippen LogP contribution in [0.5, 0.6) is 5.75 Å². The molecule has 0 radical (unpaired) electrons. The van der Waals surface area contributed by atoms with Gasteiger partial charge in [0.25, 0.3) is 5.56 Å². The number of nitrogens with two attached hydrogens (primary N) is 1. The molecule has 4 rings (SSSR count). The van der Waals surface area contributed by atoms with E-state index in [9.17, 15) is 9.90 Å². The third-order valence-electron chi connectivity index (χ3n) is 3.74. The van der Waals surface area contributed by atoms with Crippen LogP contribution in [0.1, 0.15) is 0 Å². The lowest BCUT2D eigenvalue weighted by molar-refractivity contribution is 0.475. The van der Waals surface area contributed by atoms with Crippen molar-refractivity contribution in [3.8, 4) is 11.4 Å². The van der Waals surface area contributed by atoms with Gasteiger partial charge in [0.1, 0.15) is 22.5 Å². The van der Waals surface area contributed by atoms with Gasteiger partial charge in [0.05, 0.1) is 16.2 Å². The monoisotopic (exact) mass is 326 g/mol. The van der Waals surface area contributed by atoms with E-state index in [0.717, 1.165) is 5.39 Å². The Hall–Kier alpha value is -2.99. The predicted octanol–water partition coefficient (Wildman–Crippen LogP) is 2.81. The average molecular weight is 327 g/mol. The second kappa shape index (κ2) is 4.76. The number of hydrogen-bond acceptors (Lipinski definition) is 4. The number of fused-ring (bicyclic) bond motifs is 3. The minimum absolute atomic E-state index is 0.0297. The van der Waals surface area contributed by atoms with Crippen LogP contribution in [0.4, 0.5) is 5.82 Å². The summed E-state index contributed by atoms with van der Waals surface area (Å²) in [5.41, 5.74) is 7.37. The predicted molar refractivity (Wildman–Crippen MR) is 90.3 cm³/mol. The Balaban J connectivity index is 2.16. The Morgan fingerprint density at radius 2 is 2.00 bits per heavy atom. The quantitative estimate of drug-likeness (QED) is 0.501. The molecular weight excluding hydrogens is 316 g/mol. The molecule has 0 bridgehead atoms. The number of rotatable bonds is 1. The fraction of sp³-hybridized carbons (Fsp3) is 0. The van der Waals surface area contributed by atoms with Crippen LogP contribution in [0.15, 0.2) is 47.3 Å². The van der Waals surface area contributed by atoms with Gasteiger partial charge in [-0.2, -0.15) is 5.10 Å². The van der Waals surface area contributed by atoms with E-state index in [-0.39, 0.29) is 17.1 Å². The zero-order chi connectivity index (χ0) is 16.1. The van der Waals surface area contributed by atoms with E-state index in [4.69, 9.17) is 17.3 Å². The molecule has 0 aliphatic carbocycles. The average Bonchev–Trinajstić information content (AvgIpc) is 2.88. The molecule has 2 aromatic carbocycles. The van der Waals surface area contributed by atoms with Crippen molar-refractivity contribution in [2.45, 2.75) is 0 Å². The van der Waals surface area contributed by atoms with Crippen LogP contribution in [0.25, 0.3) is 27.5 Å². The first kappa shape index (κ1) is 13.7. The Labute approximate surface area is 134 Å². The summed E-state index contributed by atoms with van der Waals surface area (Å²) in [5, 5.41) is 15.6. The number of aromatic amines is 1. The van der Waals surface area contributed by atoms with Gasteiger partial charge in [-0.25, -0.2) is 4.68 Å². The third kappa shape index (κ3) is 1.96. The molecule has 0 unspecified atom stereocenters. The summed E-state index contributed by atoms with van der Waals surface area (Å²) in [7, 11) is 0. The third-order valence-corrected chi connectivity index (χ3v) is 4.06. The number of phenolic OH excluding ortho intramolecular Hbond substituents is 1. The Morgan fingerprint density at radius 1 is 1.22 bits per heavy atom. The number of anilines is 1. The number of halogens is 1. The van der Waals surface area contributed by atoms with Crippen LogP contribution in [0.3, 0.4) is 0 Å². The molecule has 0 aliphatic rings. The maximum Gasteiger partial charge on any atom is 0.261 e. The summed E-state index contributed by atoms with van der Waals surface area (Å²) < 4.78 is 1.37. The van der Waals surface area contributed by atoms with E-state index in [0.29, 0.717) is 27.1 Å². The molecule has 7 heteroatoms. The topological polar surface area (TPSA) is 96.9 Å². The minimum Gasteiger partial charge on any atom is -0.508 e. The van der Waals surface area contributed by atoms with E-state index in [1.165, 1.54) is 16.8 Å². The Kier molecular flexibility index (Phi) is 2.82. The van der Waals surface area contributed by atoms with Crippen molar-refractivity contribution in [1.82, 2.24) is 14.8 Å². The minimum atomic E-state index is -0.321. The van der Waals surface area contributed by atoms with E-state index in [1.807, 2.05) is 18.2 Å². The fourth-order valence-corrected chi connectivity index (χ4v) is 2.87. The van der Waals surface area contributed by atoms with Gasteiger partial charge < -0.3 is 15.8 Å². The van der Waals surface area contributed by atoms with E-state index in [1.54, 1.807) is 12.1 Å². The Morgan fingerprint density at radius 3 is 2.83 bits per heavy atom. The number of nitrogen functional groups attached to an aromatic ring is 1. The first-order valence-corrected chi connectivity index (χ1v) is 7.22. The lowest BCUT2D eigenvalue weighted by Crippen LogP contribution is -2.08. The van der Waals surface area contributed by atoms with Gasteiger partial charge in [-0.05, 0) is 18.2 Å². The largest absolute Gasteiger partial charge is 0.508 e. The van der Waals surface area contributed by atoms with Gasteiger partial charge in [0, 0.05) is 11.5 Å². The van der Waals surface area contributed by atoms with Crippen LogP contribution in [-0.4, -0.2) is 19.9 Å². The number of para-hydroxylation sites is 1. The molecular formula is C16H11ClN4O2. The molecule has 23 heavy (non-hydrogen) atoms. The molecule has 6 nitrogen and oxygen atoms in total. The van der Waals surface area contributed by atoms with Gasteiger partial charge in [-0.3, -0.25) is 4.79 Å². The molecule has 0 amide bonds. The van der Waals surface area contributed by atoms with Crippen LogP contribution >= 0.6 is 11.6 Å². The van der Waals surface area contributed by atoms with Gasteiger partial charge in [0.2, 0.25) is 0 Å². The second-order valence-corrected chi connectivity index (χ2v) is 5.56. The smallest absolute Gasteiger partial charge is 0.261 e. The highest BCUT2D eigenvalue weighted by Crippen LogP contribution is 2.30. The molecule has 114 valence electrons. The zero-order valence-corrected chi connectivity index (χ0v) is 12.5. The molecule has 0 fully saturated rings. The SMILES string of the molecule is Nc1c2c(=O)[nH]c3ccccc3c2nn1-c1cc(O)ccc1Cl. The summed E-state index contributed by atoms with van der Waals surface area (Å²) in [6.07, 6.45) is 0. The second-order valence-electron chi connectivity index (χ2n) is 5.16. The van der Waals surface area contributed by atoms with Gasteiger partial charge in [-0.1, -0.05) is 29.8 Å². The number of H-pyrrole nitrogens is 1. The molecule has 0 saturated heterocycles. The van der Waals surface area contributed by atoms with Crippen molar-refractivity contribution in [1.29, 1.82) is 0 Å². The fourth-order valence-electron chi connectivity index (χ4n) is 2.67. The first-order valence-electron chi connectivity index (χ1n) is 6.84. The lowest BCUT2D eigenvalue weighted by atomic mass is 10.1. The molecule has 4 aromatic rings. The van der Waals surface area contributed by atoms with E-state index >= 15 is 0 Å². The van der Waals surface area contributed by atoms with Crippen molar-refractivity contribution in [2.24, 2.45) is 0 Å². The van der Waals surface area contributed by atoms with E-state index in [2.05, 4.69) is 10.1 Å². The normalized spacial score (nSPS) is 11.3. The number of hydrogen-bond donors (Lipinski definition) is 3. The molecule has 0 saturated carbocycles. The van der Waals surface area contributed by atoms with Crippen LogP contribution in [0.2, 0.25) is 5.02 Å². The Bertz CT molecular complexity index is 1130. The molecule has 0 atom stereocenters. The summed E-state index contributed by atoms with van der Waals surface area (Å²) in [6, 6.07) is 11.8. The van der Waals surface area contributed by atoms with Crippen molar-refractivity contribution < 1.29 is 5.11 Å². The standard InChI is InChI=1S/C16H11ClN4O2/c17-10-6-5-8(22)7-12(10)21-15(18)13-14(20-21)9-3-1-2-4-11(9)19-16(13)23/h1-7,22H,18H2,(H,19,23). The summed E-state index contributed by atoms with van der Waals surface area (Å²) in [4.78, 5) is 15.1. The van der Waals surface area contributed by atoms with Gasteiger partial charge >= 0.3 is 0 Å². The number of aromatic nitrogens is 3. The molecule has 2 heterocycles. The number of pyridine rings is 1. The molecule has 0 spiro atoms. The van der Waals surface area contributed by atoms with Crippen molar-refractivity contribution in [3.63, 3.8) is 0 Å². The lowest BCUT2D eigenvalue weighted by Gasteiger charge is -2.06. The van der Waals surface area contributed by atoms with Gasteiger partial charge in [0.15, 0.2) is 0 Å². The highest BCUT2D eigenvalue weighted by atomic mass is 35.5. The first-order chi connectivity index (χ1) is 11.1. The molecule has 0 aliphatic heterocycles. The summed E-state index contributed by atoms with van der Waals surface area (Å²) >= 11 is 6.17. The maximum absolute atomic E-state index is 12.3. The maximum atomic E-state index is 12.3. The summed E-state index contributed by atoms with van der Waals surface area (Å²) in [6.45, 7) is 0. The number of benzene rings is 2. The molecule has 4 N–H and O–H groups in total. The van der Waals surface area contributed by atoms with Gasteiger partial charge in [-0.15, -0.1) is 0 Å². The van der Waals surface area contributed by atoms with Crippen molar-refractivity contribution >= 4 is 39.2 Å². The number of nitrogens with zero attached hydrogens (tertiary/aromatic N) is 2. The van der Waals surface area contributed by atoms with Crippen molar-refractivity contribution in [3.05, 3.63) is 57.8 Å². The highest BCUT2D eigenvalue weighted by Gasteiger charge is 2.17. The summed E-state index contributed by atoms with van der Waals surface area (Å²) in [5.74, 6) is 0.196. The van der Waals surface area contributed by atoms with Crippen LogP contribution in [0, 0.1) is 0 Å². The highest BCUT2D eigenvalue weighted by molar-refractivity contribution is 6.32. The zero-order valence-electron chi connectivity index (χ0n) is 11.7. The van der Waals surface area contributed by atoms with Crippen LogP contribution in [-0.2, 0) is 0 Å². The number of nitrogens with one attached hydrogen (secondary N) is 1. The van der Waals surface area contributed by atoms with Crippen LogP contribution < -0.4 is 11.3 Å². The molecule has 2 aromatic heterocycles. The number of phenols is 1. The van der Waals surface area contributed by atoms with Crippen molar-refractivity contribution in [2.75, 3.05) is 5.73 Å². The number of aromatic hydroxyl groups is 1. The van der Waals surface area contributed by atoms with E-state index < -0.39 is 0 Å².